The molecule has 0 amide bonds. The zero-order chi connectivity index (χ0) is 28.3. The molecule has 3 atom stereocenters. The van der Waals surface area contributed by atoms with Gasteiger partial charge in [0, 0.05) is 40.2 Å². The van der Waals surface area contributed by atoms with Crippen LogP contribution in [0.2, 0.25) is 0 Å². The number of para-hydroxylation sites is 1. The lowest BCUT2D eigenvalue weighted by Crippen LogP contribution is -2.38. The summed E-state index contributed by atoms with van der Waals surface area (Å²) in [6.07, 6.45) is 18.1. The summed E-state index contributed by atoms with van der Waals surface area (Å²) < 4.78 is 0. The molecule has 3 nitrogen and oxygen atoms in total. The molecule has 0 radical (unpaired) electrons. The van der Waals surface area contributed by atoms with E-state index in [1.54, 1.807) is 0 Å². The second kappa shape index (κ2) is 9.71. The van der Waals surface area contributed by atoms with E-state index in [0.717, 1.165) is 18.5 Å². The summed E-state index contributed by atoms with van der Waals surface area (Å²) in [6, 6.07) is 35.0. The van der Waals surface area contributed by atoms with Crippen LogP contribution >= 0.6 is 0 Å². The number of benzene rings is 4. The van der Waals surface area contributed by atoms with Gasteiger partial charge in [0.15, 0.2) is 0 Å². The molecule has 4 aliphatic rings. The molecular weight excluding hydrogens is 522 g/mol. The minimum atomic E-state index is 0.0491. The molecule has 1 N–H and O–H groups in total. The molecule has 0 fully saturated rings. The Bertz CT molecular complexity index is 2030. The third kappa shape index (κ3) is 3.78. The van der Waals surface area contributed by atoms with Crippen LogP contribution in [0.15, 0.2) is 151 Å². The van der Waals surface area contributed by atoms with E-state index in [1.165, 1.54) is 61.2 Å². The quantitative estimate of drug-likeness (QED) is 0.241. The van der Waals surface area contributed by atoms with Gasteiger partial charge < -0.3 is 10.2 Å². The summed E-state index contributed by atoms with van der Waals surface area (Å²) in [5.41, 5.74) is 12.8. The third-order valence-electron chi connectivity index (χ3n) is 9.57. The minimum absolute atomic E-state index is 0.0491. The Labute approximate surface area is 252 Å². The molecule has 0 saturated carbocycles. The Morgan fingerprint density at radius 1 is 0.744 bits per heavy atom. The third-order valence-corrected chi connectivity index (χ3v) is 9.57. The topological polar surface area (TPSA) is 28.2 Å². The van der Waals surface area contributed by atoms with E-state index in [9.17, 15) is 0 Å². The van der Waals surface area contributed by atoms with Crippen LogP contribution in [0.25, 0.3) is 33.0 Å². The minimum Gasteiger partial charge on any atom is -0.359 e. The molecule has 2 aliphatic carbocycles. The summed E-state index contributed by atoms with van der Waals surface area (Å²) in [5, 5.41) is 6.41. The molecule has 2 aliphatic heterocycles. The smallest absolute Gasteiger partial charge is 0.130 e. The van der Waals surface area contributed by atoms with E-state index in [-0.39, 0.29) is 12.1 Å². The highest BCUT2D eigenvalue weighted by atomic mass is 15.3. The average Bonchev–Trinajstić information content (AvgIpc) is 3.42. The predicted octanol–water partition coefficient (Wildman–Crippen LogP) is 9.74. The number of nitrogens with one attached hydrogen (secondary N) is 1. The summed E-state index contributed by atoms with van der Waals surface area (Å²) in [5.74, 6) is 0.569. The highest BCUT2D eigenvalue weighted by Crippen LogP contribution is 2.54. The van der Waals surface area contributed by atoms with E-state index in [2.05, 4.69) is 150 Å². The van der Waals surface area contributed by atoms with Gasteiger partial charge in [0.05, 0.1) is 17.1 Å². The van der Waals surface area contributed by atoms with Gasteiger partial charge in [-0.2, -0.15) is 0 Å². The summed E-state index contributed by atoms with van der Waals surface area (Å²) >= 11 is 0. The van der Waals surface area contributed by atoms with Gasteiger partial charge >= 0.3 is 0 Å². The monoisotopic (exact) mass is 553 g/mol. The summed E-state index contributed by atoms with van der Waals surface area (Å²) in [4.78, 5) is 7.66. The van der Waals surface area contributed by atoms with Crippen LogP contribution in [0.4, 0.5) is 11.4 Å². The maximum Gasteiger partial charge on any atom is 0.130 e. The molecule has 0 bridgehead atoms. The average molecular weight is 554 g/mol. The number of rotatable bonds is 3. The molecule has 3 heterocycles. The summed E-state index contributed by atoms with van der Waals surface area (Å²) in [7, 11) is 0. The second-order valence-corrected chi connectivity index (χ2v) is 11.9. The van der Waals surface area contributed by atoms with Gasteiger partial charge in [-0.05, 0) is 52.6 Å². The van der Waals surface area contributed by atoms with Crippen molar-refractivity contribution in [2.24, 2.45) is 0 Å². The number of fused-ring (bicyclic) bond motifs is 6. The number of pyridine rings is 1. The van der Waals surface area contributed by atoms with Crippen LogP contribution < -0.4 is 10.2 Å². The Balaban J connectivity index is 1.09. The Morgan fingerprint density at radius 2 is 1.56 bits per heavy atom. The highest BCUT2D eigenvalue weighted by molar-refractivity contribution is 5.98. The van der Waals surface area contributed by atoms with Crippen LogP contribution in [-0.2, 0) is 0 Å². The van der Waals surface area contributed by atoms with E-state index in [0.29, 0.717) is 5.92 Å². The van der Waals surface area contributed by atoms with Crippen molar-refractivity contribution >= 4 is 22.1 Å². The molecule has 1 aromatic heterocycles. The van der Waals surface area contributed by atoms with Gasteiger partial charge in [-0.3, -0.25) is 4.98 Å². The van der Waals surface area contributed by atoms with E-state index in [4.69, 9.17) is 4.98 Å². The van der Waals surface area contributed by atoms with Gasteiger partial charge in [-0.25, -0.2) is 0 Å². The zero-order valence-electron chi connectivity index (χ0n) is 23.8. The molecule has 4 aromatic carbocycles. The van der Waals surface area contributed by atoms with Gasteiger partial charge in [0.1, 0.15) is 6.17 Å². The van der Waals surface area contributed by atoms with Gasteiger partial charge in [-0.15, -0.1) is 0 Å². The Hall–Kier alpha value is -5.15. The molecule has 3 unspecified atom stereocenters. The standard InChI is InChI=1S/C40H31N3/c1-2-11-26(12-3-1)35-25-41-38(33-17-7-6-15-31(33)35)27-21-23-28(24-22-27)40-42-36-19-10-18-34-30-14-5-4-13-29(30)32-16-8-9-20-37(32)43(40)39(34)36/h1-15,17-21,23-25,27,32,40,42H,16,22H2. The first-order chi connectivity index (χ1) is 21.3. The first-order valence-corrected chi connectivity index (χ1v) is 15.3. The van der Waals surface area contributed by atoms with E-state index < -0.39 is 0 Å². The van der Waals surface area contributed by atoms with Crippen LogP contribution in [0.1, 0.15) is 35.9 Å². The normalized spacial score (nSPS) is 21.3. The lowest BCUT2D eigenvalue weighted by Gasteiger charge is -2.35. The van der Waals surface area contributed by atoms with Crippen molar-refractivity contribution < 1.29 is 0 Å². The first-order valence-electron chi connectivity index (χ1n) is 15.3. The first kappa shape index (κ1) is 24.4. The molecule has 9 rings (SSSR count). The maximum atomic E-state index is 5.08. The van der Waals surface area contributed by atoms with Crippen LogP contribution in [0.3, 0.4) is 0 Å². The molecule has 5 aromatic rings. The number of anilines is 2. The molecule has 43 heavy (non-hydrogen) atoms. The maximum absolute atomic E-state index is 5.08. The fourth-order valence-electron chi connectivity index (χ4n) is 7.59. The number of hydrogen-bond donors (Lipinski definition) is 1. The van der Waals surface area contributed by atoms with Crippen molar-refractivity contribution in [1.29, 1.82) is 0 Å². The van der Waals surface area contributed by atoms with Gasteiger partial charge in [-0.1, -0.05) is 121 Å². The Morgan fingerprint density at radius 3 is 2.44 bits per heavy atom. The van der Waals surface area contributed by atoms with Crippen LogP contribution in [-0.4, -0.2) is 11.1 Å². The van der Waals surface area contributed by atoms with Crippen molar-refractivity contribution in [3.63, 3.8) is 0 Å². The van der Waals surface area contributed by atoms with Crippen molar-refractivity contribution in [3.8, 4) is 22.3 Å². The largest absolute Gasteiger partial charge is 0.359 e. The van der Waals surface area contributed by atoms with Crippen LogP contribution in [0, 0.1) is 0 Å². The molecular formula is C40H31N3. The van der Waals surface area contributed by atoms with E-state index in [1.807, 2.05) is 0 Å². The van der Waals surface area contributed by atoms with Gasteiger partial charge in [0.2, 0.25) is 0 Å². The van der Waals surface area contributed by atoms with Crippen molar-refractivity contribution in [3.05, 3.63) is 162 Å². The zero-order valence-corrected chi connectivity index (χ0v) is 23.8. The number of allylic oxidation sites excluding steroid dienone is 6. The van der Waals surface area contributed by atoms with Crippen molar-refractivity contribution in [1.82, 2.24) is 4.98 Å². The SMILES string of the molecule is C1=CCC2C(=C1)N1c3c(cccc3-c3ccccc32)NC1C1=CCC(c2ncc(-c3ccccc3)c3ccccc23)C=C1. The fourth-order valence-corrected chi connectivity index (χ4v) is 7.59. The lowest BCUT2D eigenvalue weighted by molar-refractivity contribution is 0.711. The molecule has 0 spiro atoms. The lowest BCUT2D eigenvalue weighted by atomic mass is 9.85. The number of hydrogen-bond acceptors (Lipinski definition) is 3. The second-order valence-electron chi connectivity index (χ2n) is 11.9. The molecule has 206 valence electrons. The Kier molecular flexibility index (Phi) is 5.52. The number of nitrogens with zero attached hydrogens (tertiary/aromatic N) is 2. The van der Waals surface area contributed by atoms with Crippen molar-refractivity contribution in [2.45, 2.75) is 30.8 Å². The molecule has 0 saturated heterocycles. The number of aromatic nitrogens is 1. The molecule has 3 heteroatoms. The van der Waals surface area contributed by atoms with Crippen LogP contribution in [0.5, 0.6) is 0 Å². The predicted molar refractivity (Wildman–Crippen MR) is 178 cm³/mol. The highest BCUT2D eigenvalue weighted by Gasteiger charge is 2.41. The van der Waals surface area contributed by atoms with E-state index >= 15 is 0 Å². The van der Waals surface area contributed by atoms with Gasteiger partial charge in [0.25, 0.3) is 0 Å². The summed E-state index contributed by atoms with van der Waals surface area (Å²) in [6.45, 7) is 0. The fraction of sp³-hybridized carbons (Fsp3) is 0.125. The van der Waals surface area contributed by atoms with Crippen molar-refractivity contribution in [2.75, 3.05) is 10.2 Å².